The van der Waals surface area contributed by atoms with E-state index in [1.54, 1.807) is 4.90 Å². The van der Waals surface area contributed by atoms with Gasteiger partial charge in [-0.2, -0.15) is 0 Å². The number of hydrogen-bond acceptors (Lipinski definition) is 4. The van der Waals surface area contributed by atoms with E-state index < -0.39 is 11.2 Å². The molecule has 0 saturated heterocycles. The molecule has 0 aliphatic rings. The molecule has 2 aromatic carbocycles. The topological polar surface area (TPSA) is 88.1 Å². The molecule has 162 valence electrons. The number of aromatic nitrogens is 3. The van der Waals surface area contributed by atoms with Crippen LogP contribution in [0, 0.1) is 0 Å². The SMILES string of the molecule is CCCn1c(=O)[nH]c(=O)c2cc(C(=O)N(Cc3ccccc3)Cc3ccccc3)cnc21. The molecule has 4 rings (SSSR count). The molecule has 0 unspecified atom stereocenters. The van der Waals surface area contributed by atoms with Crippen LogP contribution in [-0.4, -0.2) is 25.3 Å². The zero-order valence-electron chi connectivity index (χ0n) is 17.8. The fourth-order valence-electron chi connectivity index (χ4n) is 3.71. The Morgan fingerprint density at radius 3 is 2.12 bits per heavy atom. The van der Waals surface area contributed by atoms with Crippen molar-refractivity contribution in [1.29, 1.82) is 0 Å². The standard InChI is InChI=1S/C25H24N4O3/c1-2-13-29-22-21(23(30)27-25(29)32)14-20(15-26-22)24(31)28(16-18-9-5-3-6-10-18)17-19-11-7-4-8-12-19/h3-12,14-15H,2,13,16-17H2,1H3,(H,27,30,32). The van der Waals surface area contributed by atoms with Gasteiger partial charge in [0.25, 0.3) is 11.5 Å². The van der Waals surface area contributed by atoms with Crippen LogP contribution in [0.25, 0.3) is 11.0 Å². The predicted molar refractivity (Wildman–Crippen MR) is 123 cm³/mol. The van der Waals surface area contributed by atoms with Crippen LogP contribution in [0.15, 0.2) is 82.5 Å². The minimum Gasteiger partial charge on any atom is -0.330 e. The second-order valence-electron chi connectivity index (χ2n) is 7.64. The number of carbonyl (C=O) groups excluding carboxylic acids is 1. The molecule has 1 amide bonds. The molecule has 7 heteroatoms. The third-order valence-electron chi connectivity index (χ3n) is 5.25. The second kappa shape index (κ2) is 9.43. The highest BCUT2D eigenvalue weighted by atomic mass is 16.2. The largest absolute Gasteiger partial charge is 0.330 e. The lowest BCUT2D eigenvalue weighted by Crippen LogP contribution is -2.32. The van der Waals surface area contributed by atoms with E-state index >= 15 is 0 Å². The maximum atomic E-state index is 13.5. The van der Waals surface area contributed by atoms with Gasteiger partial charge in [0.05, 0.1) is 10.9 Å². The summed E-state index contributed by atoms with van der Waals surface area (Å²) in [5.74, 6) is -0.236. The lowest BCUT2D eigenvalue weighted by molar-refractivity contribution is 0.0730. The van der Waals surface area contributed by atoms with Crippen LogP contribution in [-0.2, 0) is 19.6 Å². The van der Waals surface area contributed by atoms with Crippen LogP contribution < -0.4 is 11.2 Å². The van der Waals surface area contributed by atoms with Crippen LogP contribution in [0.5, 0.6) is 0 Å². The molecule has 2 aromatic heterocycles. The van der Waals surface area contributed by atoms with Crippen LogP contribution in [0.1, 0.15) is 34.8 Å². The Hall–Kier alpha value is -4.00. The monoisotopic (exact) mass is 428 g/mol. The second-order valence-corrected chi connectivity index (χ2v) is 7.64. The first kappa shape index (κ1) is 21.2. The van der Waals surface area contributed by atoms with E-state index in [0.717, 1.165) is 11.1 Å². The van der Waals surface area contributed by atoms with E-state index in [9.17, 15) is 14.4 Å². The Morgan fingerprint density at radius 1 is 0.969 bits per heavy atom. The van der Waals surface area contributed by atoms with E-state index in [1.165, 1.54) is 16.8 Å². The number of aromatic amines is 1. The first-order valence-electron chi connectivity index (χ1n) is 10.6. The molecule has 7 nitrogen and oxygen atoms in total. The van der Waals surface area contributed by atoms with Gasteiger partial charge in [-0.25, -0.2) is 9.78 Å². The van der Waals surface area contributed by atoms with Gasteiger partial charge in [0, 0.05) is 25.8 Å². The summed E-state index contributed by atoms with van der Waals surface area (Å²) in [5.41, 5.74) is 1.55. The lowest BCUT2D eigenvalue weighted by Gasteiger charge is -2.23. The normalized spacial score (nSPS) is 10.9. The molecule has 0 aliphatic heterocycles. The minimum absolute atomic E-state index is 0.225. The van der Waals surface area contributed by atoms with Crippen molar-refractivity contribution in [2.75, 3.05) is 0 Å². The molecule has 2 heterocycles. The summed E-state index contributed by atoms with van der Waals surface area (Å²) in [6.07, 6.45) is 2.16. The Morgan fingerprint density at radius 2 is 1.56 bits per heavy atom. The number of rotatable bonds is 7. The van der Waals surface area contributed by atoms with Gasteiger partial charge in [0.15, 0.2) is 0 Å². The van der Waals surface area contributed by atoms with Crippen molar-refractivity contribution in [2.24, 2.45) is 0 Å². The van der Waals surface area contributed by atoms with Gasteiger partial charge in [0.2, 0.25) is 0 Å². The summed E-state index contributed by atoms with van der Waals surface area (Å²) in [6, 6.07) is 21.0. The van der Waals surface area contributed by atoms with Crippen molar-refractivity contribution in [2.45, 2.75) is 33.0 Å². The number of carbonyl (C=O) groups is 1. The van der Waals surface area contributed by atoms with Crippen molar-refractivity contribution in [3.63, 3.8) is 0 Å². The molecular weight excluding hydrogens is 404 g/mol. The van der Waals surface area contributed by atoms with E-state index in [-0.39, 0.29) is 16.9 Å². The fourth-order valence-corrected chi connectivity index (χ4v) is 3.71. The number of nitrogens with one attached hydrogen (secondary N) is 1. The van der Waals surface area contributed by atoms with Gasteiger partial charge in [-0.3, -0.25) is 19.1 Å². The first-order chi connectivity index (χ1) is 15.6. The maximum Gasteiger partial charge on any atom is 0.329 e. The number of benzene rings is 2. The van der Waals surface area contributed by atoms with E-state index in [4.69, 9.17) is 0 Å². The van der Waals surface area contributed by atoms with E-state index in [1.807, 2.05) is 67.6 Å². The van der Waals surface area contributed by atoms with Crippen LogP contribution in [0.4, 0.5) is 0 Å². The van der Waals surface area contributed by atoms with Crippen LogP contribution >= 0.6 is 0 Å². The van der Waals surface area contributed by atoms with Crippen molar-refractivity contribution in [3.05, 3.63) is 110 Å². The third-order valence-corrected chi connectivity index (χ3v) is 5.25. The number of fused-ring (bicyclic) bond motifs is 1. The number of H-pyrrole nitrogens is 1. The highest BCUT2D eigenvalue weighted by Gasteiger charge is 2.19. The molecular formula is C25H24N4O3. The summed E-state index contributed by atoms with van der Waals surface area (Å²) in [6.45, 7) is 3.20. The molecule has 0 fully saturated rings. The van der Waals surface area contributed by atoms with Crippen molar-refractivity contribution < 1.29 is 4.79 Å². The minimum atomic E-state index is -0.544. The number of pyridine rings is 1. The van der Waals surface area contributed by atoms with Crippen molar-refractivity contribution >= 4 is 16.9 Å². The molecule has 0 aliphatic carbocycles. The number of nitrogens with zero attached hydrogens (tertiary/aromatic N) is 3. The van der Waals surface area contributed by atoms with Gasteiger partial charge < -0.3 is 4.90 Å². The number of hydrogen-bond donors (Lipinski definition) is 1. The van der Waals surface area contributed by atoms with Gasteiger partial charge in [-0.1, -0.05) is 67.6 Å². The van der Waals surface area contributed by atoms with E-state index in [0.29, 0.717) is 31.6 Å². The molecule has 0 bridgehead atoms. The quantitative estimate of drug-likeness (QED) is 0.489. The number of amides is 1. The zero-order chi connectivity index (χ0) is 22.5. The van der Waals surface area contributed by atoms with Crippen LogP contribution in [0.3, 0.4) is 0 Å². The third kappa shape index (κ3) is 4.51. The Kier molecular flexibility index (Phi) is 6.26. The molecule has 0 saturated carbocycles. The molecule has 0 atom stereocenters. The van der Waals surface area contributed by atoms with E-state index in [2.05, 4.69) is 9.97 Å². The molecule has 0 spiro atoms. The Labute approximate surface area is 185 Å². The van der Waals surface area contributed by atoms with Gasteiger partial charge in [-0.15, -0.1) is 0 Å². The van der Waals surface area contributed by atoms with Crippen LogP contribution in [0.2, 0.25) is 0 Å². The Bertz CT molecular complexity index is 1300. The lowest BCUT2D eigenvalue weighted by atomic mass is 10.1. The first-order valence-corrected chi connectivity index (χ1v) is 10.6. The maximum absolute atomic E-state index is 13.5. The molecule has 32 heavy (non-hydrogen) atoms. The summed E-state index contributed by atoms with van der Waals surface area (Å²) < 4.78 is 1.43. The van der Waals surface area contributed by atoms with Crippen molar-refractivity contribution in [3.8, 4) is 0 Å². The summed E-state index contributed by atoms with van der Waals surface area (Å²) in [4.78, 5) is 46.5. The number of aryl methyl sites for hydroxylation is 1. The predicted octanol–water partition coefficient (Wildman–Crippen LogP) is 3.34. The highest BCUT2D eigenvalue weighted by Crippen LogP contribution is 2.16. The smallest absolute Gasteiger partial charge is 0.329 e. The average molecular weight is 428 g/mol. The summed E-state index contributed by atoms with van der Waals surface area (Å²) in [5, 5.41) is 0.225. The summed E-state index contributed by atoms with van der Waals surface area (Å²) >= 11 is 0. The van der Waals surface area contributed by atoms with Gasteiger partial charge in [-0.05, 0) is 23.6 Å². The summed E-state index contributed by atoms with van der Waals surface area (Å²) in [7, 11) is 0. The zero-order valence-corrected chi connectivity index (χ0v) is 17.8. The van der Waals surface area contributed by atoms with Gasteiger partial charge in [0.1, 0.15) is 5.65 Å². The van der Waals surface area contributed by atoms with Gasteiger partial charge >= 0.3 is 5.69 Å². The molecule has 4 aromatic rings. The fraction of sp³-hybridized carbons (Fsp3) is 0.200. The molecule has 0 radical (unpaired) electrons. The average Bonchev–Trinajstić information content (AvgIpc) is 2.82. The highest BCUT2D eigenvalue weighted by molar-refractivity contribution is 5.96. The van der Waals surface area contributed by atoms with Crippen molar-refractivity contribution in [1.82, 2.24) is 19.4 Å². The Balaban J connectivity index is 1.74. The molecule has 1 N–H and O–H groups in total.